The van der Waals surface area contributed by atoms with Gasteiger partial charge in [0.2, 0.25) is 0 Å². The summed E-state index contributed by atoms with van der Waals surface area (Å²) < 4.78 is 21.4. The quantitative estimate of drug-likeness (QED) is 0.729. The van der Waals surface area contributed by atoms with Gasteiger partial charge in [-0.2, -0.15) is 0 Å². The van der Waals surface area contributed by atoms with E-state index in [4.69, 9.17) is 18.9 Å². The number of methoxy groups -OCH3 is 4. The van der Waals surface area contributed by atoms with Crippen molar-refractivity contribution in [2.75, 3.05) is 28.4 Å². The van der Waals surface area contributed by atoms with Crippen molar-refractivity contribution in [3.63, 3.8) is 0 Å². The summed E-state index contributed by atoms with van der Waals surface area (Å²) in [5, 5.41) is 11.7. The first-order valence-corrected chi connectivity index (χ1v) is 8.04. The fourth-order valence-corrected chi connectivity index (χ4v) is 2.93. The monoisotopic (exact) mass is 355 g/mol. The summed E-state index contributed by atoms with van der Waals surface area (Å²) in [6.45, 7) is 0. The molecule has 0 saturated heterocycles. The molecule has 1 heterocycles. The molecule has 0 amide bonds. The van der Waals surface area contributed by atoms with E-state index in [1.807, 2.05) is 24.3 Å². The highest BCUT2D eigenvalue weighted by Gasteiger charge is 2.14. The number of aromatic hydroxyl groups is 1. The van der Waals surface area contributed by atoms with Crippen LogP contribution >= 0.6 is 0 Å². The Kier molecular flexibility index (Phi) is 5.02. The van der Waals surface area contributed by atoms with E-state index in [0.717, 1.165) is 16.6 Å². The molecule has 0 aliphatic carbocycles. The van der Waals surface area contributed by atoms with Crippen LogP contribution in [0.3, 0.4) is 0 Å². The predicted octanol–water partition coefficient (Wildman–Crippen LogP) is 3.57. The van der Waals surface area contributed by atoms with Crippen molar-refractivity contribution >= 4 is 10.8 Å². The molecule has 0 bridgehead atoms. The molecular formula is C20H21NO5. The van der Waals surface area contributed by atoms with Gasteiger partial charge in [-0.05, 0) is 29.8 Å². The Morgan fingerprint density at radius 3 is 1.96 bits per heavy atom. The van der Waals surface area contributed by atoms with Gasteiger partial charge < -0.3 is 24.1 Å². The van der Waals surface area contributed by atoms with Crippen LogP contribution in [0.4, 0.5) is 0 Å². The number of aromatic nitrogens is 1. The predicted molar refractivity (Wildman–Crippen MR) is 98.9 cm³/mol. The Morgan fingerprint density at radius 1 is 0.769 bits per heavy atom. The van der Waals surface area contributed by atoms with Crippen LogP contribution in [0.1, 0.15) is 11.3 Å². The Labute approximate surface area is 151 Å². The molecule has 0 saturated carbocycles. The highest BCUT2D eigenvalue weighted by atomic mass is 16.5. The van der Waals surface area contributed by atoms with Crippen LogP contribution < -0.4 is 18.9 Å². The van der Waals surface area contributed by atoms with Crippen LogP contribution in [0.15, 0.2) is 36.5 Å². The highest BCUT2D eigenvalue weighted by molar-refractivity contribution is 5.92. The smallest absolute Gasteiger partial charge is 0.161 e. The fourth-order valence-electron chi connectivity index (χ4n) is 2.93. The van der Waals surface area contributed by atoms with Gasteiger partial charge in [0.25, 0.3) is 0 Å². The molecule has 136 valence electrons. The molecule has 0 aliphatic heterocycles. The molecule has 1 aromatic heterocycles. The Morgan fingerprint density at radius 2 is 1.35 bits per heavy atom. The maximum absolute atomic E-state index is 10.2. The second kappa shape index (κ2) is 7.39. The Bertz CT molecular complexity index is 939. The molecule has 6 nitrogen and oxygen atoms in total. The summed E-state index contributed by atoms with van der Waals surface area (Å²) in [5.41, 5.74) is 1.82. The van der Waals surface area contributed by atoms with Gasteiger partial charge in [0.05, 0.1) is 40.3 Å². The third-order valence-corrected chi connectivity index (χ3v) is 4.27. The lowest BCUT2D eigenvalue weighted by Crippen LogP contribution is -1.98. The average molecular weight is 355 g/mol. The van der Waals surface area contributed by atoms with E-state index in [9.17, 15) is 5.11 Å². The van der Waals surface area contributed by atoms with E-state index in [0.29, 0.717) is 34.8 Å². The van der Waals surface area contributed by atoms with Gasteiger partial charge in [0.1, 0.15) is 5.75 Å². The molecule has 3 rings (SSSR count). The molecule has 0 atom stereocenters. The van der Waals surface area contributed by atoms with Crippen LogP contribution in [0.25, 0.3) is 10.8 Å². The first-order chi connectivity index (χ1) is 12.6. The van der Waals surface area contributed by atoms with Crippen molar-refractivity contribution in [3.05, 3.63) is 47.8 Å². The first kappa shape index (κ1) is 17.7. The van der Waals surface area contributed by atoms with Gasteiger partial charge in [-0.3, -0.25) is 4.98 Å². The first-order valence-electron chi connectivity index (χ1n) is 8.04. The lowest BCUT2D eigenvalue weighted by Gasteiger charge is -2.13. The number of ether oxygens (including phenoxy) is 4. The number of benzene rings is 2. The van der Waals surface area contributed by atoms with Gasteiger partial charge in [0, 0.05) is 17.2 Å². The van der Waals surface area contributed by atoms with Crippen molar-refractivity contribution in [1.29, 1.82) is 0 Å². The van der Waals surface area contributed by atoms with E-state index in [1.165, 1.54) is 6.20 Å². The zero-order valence-corrected chi connectivity index (χ0v) is 15.2. The zero-order valence-electron chi connectivity index (χ0n) is 15.2. The standard InChI is InChI=1S/C20H21NO5/c1-23-17-6-5-12(8-18(17)24-2)7-15-13-9-19(25-3)20(26-4)10-14(13)16(22)11-21-15/h5-6,8-11,22H,7H2,1-4H3. The Hall–Kier alpha value is -3.15. The molecule has 6 heteroatoms. The van der Waals surface area contributed by atoms with E-state index < -0.39 is 0 Å². The van der Waals surface area contributed by atoms with Gasteiger partial charge >= 0.3 is 0 Å². The number of hydrogen-bond acceptors (Lipinski definition) is 6. The molecule has 0 unspecified atom stereocenters. The lowest BCUT2D eigenvalue weighted by atomic mass is 10.0. The summed E-state index contributed by atoms with van der Waals surface area (Å²) in [7, 11) is 6.35. The third kappa shape index (κ3) is 3.18. The summed E-state index contributed by atoms with van der Waals surface area (Å²) in [6, 6.07) is 9.32. The molecule has 0 radical (unpaired) electrons. The van der Waals surface area contributed by atoms with Gasteiger partial charge in [-0.15, -0.1) is 0 Å². The molecule has 0 aliphatic rings. The van der Waals surface area contributed by atoms with Crippen molar-refractivity contribution in [2.24, 2.45) is 0 Å². The Balaban J connectivity index is 2.09. The number of fused-ring (bicyclic) bond motifs is 1. The number of pyridine rings is 1. The minimum Gasteiger partial charge on any atom is -0.506 e. The van der Waals surface area contributed by atoms with Crippen LogP contribution in [0.5, 0.6) is 28.7 Å². The van der Waals surface area contributed by atoms with Crippen molar-refractivity contribution in [1.82, 2.24) is 4.98 Å². The second-order valence-electron chi connectivity index (χ2n) is 5.71. The summed E-state index contributed by atoms with van der Waals surface area (Å²) >= 11 is 0. The molecule has 26 heavy (non-hydrogen) atoms. The van der Waals surface area contributed by atoms with Crippen LogP contribution in [-0.4, -0.2) is 38.5 Å². The van der Waals surface area contributed by atoms with E-state index in [-0.39, 0.29) is 5.75 Å². The maximum Gasteiger partial charge on any atom is 0.161 e. The van der Waals surface area contributed by atoms with Crippen LogP contribution in [0.2, 0.25) is 0 Å². The van der Waals surface area contributed by atoms with Crippen molar-refractivity contribution in [2.45, 2.75) is 6.42 Å². The minimum atomic E-state index is 0.0945. The van der Waals surface area contributed by atoms with E-state index in [2.05, 4.69) is 4.98 Å². The van der Waals surface area contributed by atoms with Crippen LogP contribution in [-0.2, 0) is 6.42 Å². The van der Waals surface area contributed by atoms with Crippen molar-refractivity contribution in [3.8, 4) is 28.7 Å². The maximum atomic E-state index is 10.2. The molecule has 3 aromatic rings. The largest absolute Gasteiger partial charge is 0.506 e. The minimum absolute atomic E-state index is 0.0945. The molecular weight excluding hydrogens is 334 g/mol. The zero-order chi connectivity index (χ0) is 18.7. The number of rotatable bonds is 6. The number of nitrogens with zero attached hydrogens (tertiary/aromatic N) is 1. The third-order valence-electron chi connectivity index (χ3n) is 4.27. The van der Waals surface area contributed by atoms with Gasteiger partial charge in [-0.25, -0.2) is 0 Å². The molecule has 1 N–H and O–H groups in total. The SMILES string of the molecule is COc1ccc(Cc2ncc(O)c3cc(OC)c(OC)cc23)cc1OC. The molecule has 0 spiro atoms. The highest BCUT2D eigenvalue weighted by Crippen LogP contribution is 2.37. The normalized spacial score (nSPS) is 10.6. The lowest BCUT2D eigenvalue weighted by molar-refractivity contribution is 0.354. The second-order valence-corrected chi connectivity index (χ2v) is 5.71. The molecule has 2 aromatic carbocycles. The van der Waals surface area contributed by atoms with Gasteiger partial charge in [0.15, 0.2) is 23.0 Å². The molecule has 0 fully saturated rings. The number of hydrogen-bond donors (Lipinski definition) is 1. The van der Waals surface area contributed by atoms with Gasteiger partial charge in [-0.1, -0.05) is 6.07 Å². The summed E-state index contributed by atoms with van der Waals surface area (Å²) in [6.07, 6.45) is 2.01. The topological polar surface area (TPSA) is 70.0 Å². The van der Waals surface area contributed by atoms with E-state index in [1.54, 1.807) is 34.5 Å². The summed E-state index contributed by atoms with van der Waals surface area (Å²) in [5.74, 6) is 2.56. The summed E-state index contributed by atoms with van der Waals surface area (Å²) in [4.78, 5) is 4.41. The average Bonchev–Trinajstić information content (AvgIpc) is 2.69. The van der Waals surface area contributed by atoms with Crippen LogP contribution in [0, 0.1) is 0 Å². The fraction of sp³-hybridized carbons (Fsp3) is 0.250. The van der Waals surface area contributed by atoms with E-state index >= 15 is 0 Å². The van der Waals surface area contributed by atoms with Crippen molar-refractivity contribution < 1.29 is 24.1 Å².